The first kappa shape index (κ1) is 58.4. The first-order valence-corrected chi connectivity index (χ1v) is 33.4. The van der Waals surface area contributed by atoms with Crippen LogP contribution in [0.3, 0.4) is 0 Å². The molecule has 3 nitrogen and oxygen atoms in total. The van der Waals surface area contributed by atoms with Gasteiger partial charge >= 0.3 is 0 Å². The summed E-state index contributed by atoms with van der Waals surface area (Å²) in [5.41, 5.74) is 31.6. The van der Waals surface area contributed by atoms with Crippen LogP contribution in [0.25, 0.3) is 94.3 Å². The number of hydrogen-bond donors (Lipinski definition) is 0. The average molecular weight is 1210 g/mol. The smallest absolute Gasteiger partial charge is 0.252 e. The Morgan fingerprint density at radius 3 is 1.06 bits per heavy atom. The third-order valence-electron chi connectivity index (χ3n) is 19.8. The summed E-state index contributed by atoms with van der Waals surface area (Å²) in [6.07, 6.45) is 0. The number of aromatic nitrogens is 1. The molecule has 0 N–H and O–H groups in total. The monoisotopic (exact) mass is 1210 g/mol. The molecule has 1 aromatic heterocycles. The summed E-state index contributed by atoms with van der Waals surface area (Å²) in [5.74, 6) is 0. The summed E-state index contributed by atoms with van der Waals surface area (Å²) in [6, 6.07) is 113. The minimum atomic E-state index is -0.252. The van der Waals surface area contributed by atoms with Crippen LogP contribution in [-0.2, 0) is 16.2 Å². The van der Waals surface area contributed by atoms with Crippen LogP contribution in [-0.4, -0.2) is 11.3 Å². The van der Waals surface area contributed by atoms with Gasteiger partial charge in [0.05, 0.1) is 28.1 Å². The van der Waals surface area contributed by atoms with Gasteiger partial charge in [-0.25, -0.2) is 0 Å². The molecule has 13 aromatic carbocycles. The fourth-order valence-corrected chi connectivity index (χ4v) is 15.2. The van der Waals surface area contributed by atoms with Gasteiger partial charge in [-0.3, -0.25) is 0 Å². The van der Waals surface area contributed by atoms with Crippen molar-refractivity contribution in [1.29, 1.82) is 0 Å². The molecule has 0 amide bonds. The van der Waals surface area contributed by atoms with Gasteiger partial charge in [-0.2, -0.15) is 0 Å². The molecule has 0 fully saturated rings. The van der Waals surface area contributed by atoms with E-state index in [0.717, 1.165) is 95.4 Å². The molecule has 0 saturated heterocycles. The van der Waals surface area contributed by atoms with Crippen molar-refractivity contribution < 1.29 is 0 Å². The number of fused-ring (bicyclic) bond motifs is 7. The van der Waals surface area contributed by atoms with Crippen molar-refractivity contribution in [2.75, 3.05) is 9.80 Å². The molecular formula is C90H76BN3. The van der Waals surface area contributed by atoms with Crippen molar-refractivity contribution >= 4 is 79.0 Å². The second kappa shape index (κ2) is 22.6. The van der Waals surface area contributed by atoms with Gasteiger partial charge in [0, 0.05) is 55.8 Å². The van der Waals surface area contributed by atoms with Crippen LogP contribution in [0.1, 0.15) is 79.0 Å². The van der Waals surface area contributed by atoms with Gasteiger partial charge in [-0.1, -0.05) is 323 Å². The van der Waals surface area contributed by atoms with Gasteiger partial charge in [0.2, 0.25) is 0 Å². The number of nitrogens with zero attached hydrogens (tertiary/aromatic N) is 3. The lowest BCUT2D eigenvalue weighted by atomic mass is 9.33. The Morgan fingerprint density at radius 2 is 0.638 bits per heavy atom. The summed E-state index contributed by atoms with van der Waals surface area (Å²) in [7, 11) is 0. The van der Waals surface area contributed by atoms with E-state index in [1.54, 1.807) is 0 Å². The number of rotatable bonds is 9. The lowest BCUT2D eigenvalue weighted by Crippen LogP contribution is -2.61. The molecule has 2 aliphatic rings. The van der Waals surface area contributed by atoms with E-state index in [-0.39, 0.29) is 23.0 Å². The summed E-state index contributed by atoms with van der Waals surface area (Å²) >= 11 is 0. The number of benzene rings is 13. The molecule has 0 radical (unpaired) electrons. The molecule has 0 aliphatic carbocycles. The van der Waals surface area contributed by atoms with Gasteiger partial charge in [-0.15, -0.1) is 0 Å². The molecule has 0 atom stereocenters. The molecule has 3 heterocycles. The number of anilines is 6. The topological polar surface area (TPSA) is 11.4 Å². The molecule has 14 aromatic rings. The summed E-state index contributed by atoms with van der Waals surface area (Å²) < 4.78 is 2.53. The van der Waals surface area contributed by atoms with Crippen LogP contribution in [0, 0.1) is 0 Å². The zero-order valence-corrected chi connectivity index (χ0v) is 55.2. The van der Waals surface area contributed by atoms with E-state index in [1.807, 2.05) is 0 Å². The van der Waals surface area contributed by atoms with Crippen molar-refractivity contribution in [2.24, 2.45) is 0 Å². The predicted octanol–water partition coefficient (Wildman–Crippen LogP) is 22.8. The van der Waals surface area contributed by atoms with Gasteiger partial charge in [0.1, 0.15) is 0 Å². The maximum atomic E-state index is 2.69. The molecular weight excluding hydrogens is 1130 g/mol. The molecule has 2 aliphatic heterocycles. The SMILES string of the molecule is CC(C)(C)c1cc(-c2ccc3c(c2)B2c4cc(-c5ccccc5C(C)(C)C)ccc4N(c4c(-c5ccccc5)cccc4-c4ccccc4)c4cc(-n5c6ccccc6c6ccccc65)cc(c42)N3c2c(-c3ccccc3)cccc2-c2ccccc2)cc(C(C)(C)C)c1. The van der Waals surface area contributed by atoms with E-state index < -0.39 is 0 Å². The molecule has 0 saturated carbocycles. The van der Waals surface area contributed by atoms with Gasteiger partial charge in [-0.05, 0) is 130 Å². The van der Waals surface area contributed by atoms with E-state index in [2.05, 4.69) is 374 Å². The van der Waals surface area contributed by atoms with Crippen molar-refractivity contribution in [2.45, 2.75) is 78.6 Å². The third-order valence-corrected chi connectivity index (χ3v) is 19.8. The number of hydrogen-bond acceptors (Lipinski definition) is 2. The Bertz CT molecular complexity index is 5040. The molecule has 4 heteroatoms. The Labute approximate surface area is 555 Å². The minimum absolute atomic E-state index is 0.0852. The zero-order valence-electron chi connectivity index (χ0n) is 55.2. The van der Waals surface area contributed by atoms with Crippen LogP contribution >= 0.6 is 0 Å². The second-order valence-electron chi connectivity index (χ2n) is 28.9. The molecule has 454 valence electrons. The van der Waals surface area contributed by atoms with Crippen molar-refractivity contribution in [3.05, 3.63) is 314 Å². The average Bonchev–Trinajstić information content (AvgIpc) is 0.761. The van der Waals surface area contributed by atoms with Crippen LogP contribution in [0.5, 0.6) is 0 Å². The highest BCUT2D eigenvalue weighted by Gasteiger charge is 2.46. The summed E-state index contributed by atoms with van der Waals surface area (Å²) in [4.78, 5) is 5.37. The summed E-state index contributed by atoms with van der Waals surface area (Å²) in [6.45, 7) is 20.9. The van der Waals surface area contributed by atoms with E-state index in [0.29, 0.717) is 0 Å². The summed E-state index contributed by atoms with van der Waals surface area (Å²) in [5, 5.41) is 2.43. The fraction of sp³-hybridized carbons (Fsp3) is 0.133. The highest BCUT2D eigenvalue weighted by Crippen LogP contribution is 2.54. The van der Waals surface area contributed by atoms with Gasteiger partial charge in [0.25, 0.3) is 6.71 Å². The van der Waals surface area contributed by atoms with E-state index >= 15 is 0 Å². The number of para-hydroxylation sites is 4. The Hall–Kier alpha value is -10.7. The van der Waals surface area contributed by atoms with Crippen LogP contribution in [0.4, 0.5) is 34.1 Å². The van der Waals surface area contributed by atoms with Crippen molar-refractivity contribution in [3.8, 4) is 72.4 Å². The molecule has 0 spiro atoms. The molecule has 94 heavy (non-hydrogen) atoms. The highest BCUT2D eigenvalue weighted by molar-refractivity contribution is 7.00. The van der Waals surface area contributed by atoms with E-state index in [9.17, 15) is 0 Å². The predicted molar refractivity (Wildman–Crippen MR) is 404 cm³/mol. The van der Waals surface area contributed by atoms with Crippen LogP contribution in [0.2, 0.25) is 0 Å². The third kappa shape index (κ3) is 9.89. The maximum Gasteiger partial charge on any atom is 0.252 e. The van der Waals surface area contributed by atoms with Gasteiger partial charge < -0.3 is 14.4 Å². The largest absolute Gasteiger partial charge is 0.310 e. The molecule has 0 bridgehead atoms. The van der Waals surface area contributed by atoms with E-state index in [1.165, 1.54) is 66.1 Å². The van der Waals surface area contributed by atoms with Crippen molar-refractivity contribution in [3.63, 3.8) is 0 Å². The first-order valence-electron chi connectivity index (χ1n) is 33.4. The quantitative estimate of drug-likeness (QED) is 0.133. The Kier molecular flexibility index (Phi) is 14.0. The molecule has 16 rings (SSSR count). The second-order valence-corrected chi connectivity index (χ2v) is 28.9. The fourth-order valence-electron chi connectivity index (χ4n) is 15.2. The first-order chi connectivity index (χ1) is 45.6. The van der Waals surface area contributed by atoms with Crippen LogP contribution in [0.15, 0.2) is 297 Å². The van der Waals surface area contributed by atoms with Gasteiger partial charge in [0.15, 0.2) is 0 Å². The Morgan fingerprint density at radius 1 is 0.266 bits per heavy atom. The van der Waals surface area contributed by atoms with E-state index in [4.69, 9.17) is 0 Å². The Balaban J connectivity index is 1.12. The lowest BCUT2D eigenvalue weighted by Gasteiger charge is -2.46. The zero-order chi connectivity index (χ0) is 64.2. The standard InChI is InChI=1S/C90H76BN3/c1-88(2,3)66-52-65(53-67(56-66)89(4,5)6)63-48-50-81-77(54-63)91-78-55-64(69-38-22-25-45-76(69)90(7,8)9)49-51-82(78)94(87-72(61-34-18-12-19-35-61)43-29-44-73(87)62-36-20-13-21-37-62)84-58-68(92-79-46-26-23-39-74(79)75-40-24-27-47-80(75)92)57-83(85(84)91)93(81)86-70(59-30-14-10-15-31-59)41-28-42-71(86)60-32-16-11-17-33-60/h10-58H,1-9H3. The maximum absolute atomic E-state index is 2.69. The highest BCUT2D eigenvalue weighted by atomic mass is 15.2. The minimum Gasteiger partial charge on any atom is -0.310 e. The lowest BCUT2D eigenvalue weighted by molar-refractivity contribution is 0.569. The van der Waals surface area contributed by atoms with Crippen molar-refractivity contribution in [1.82, 2.24) is 4.57 Å². The normalized spacial score (nSPS) is 12.9. The van der Waals surface area contributed by atoms with Crippen LogP contribution < -0.4 is 26.2 Å². The molecule has 0 unspecified atom stereocenters.